The smallest absolute Gasteiger partial charge is 0.488 e. The highest BCUT2D eigenvalue weighted by molar-refractivity contribution is 7.30. The van der Waals surface area contributed by atoms with Gasteiger partial charge in [-0.25, -0.2) is 0 Å². The van der Waals surface area contributed by atoms with Gasteiger partial charge in [-0.3, -0.25) is 0 Å². The first kappa shape index (κ1) is 40.8. The Morgan fingerprint density at radius 1 is 0.636 bits per heavy atom. The van der Waals surface area contributed by atoms with Crippen LogP contribution >= 0.6 is 8.25 Å². The van der Waals surface area contributed by atoms with Gasteiger partial charge in [0.15, 0.2) is 12.4 Å². The summed E-state index contributed by atoms with van der Waals surface area (Å²) in [6, 6.07) is 44.3. The first-order valence-electron chi connectivity index (χ1n) is 18.6. The summed E-state index contributed by atoms with van der Waals surface area (Å²) in [7, 11) is -1.66. The number of ether oxygens (including phenoxy) is 7. The maximum Gasteiger partial charge on any atom is 0.488 e. The lowest BCUT2D eigenvalue weighted by atomic mass is 10.1. The fraction of sp³-hybridized carbons (Fsp3) is 0.364. The maximum atomic E-state index is 11.6. The Morgan fingerprint density at radius 2 is 1.18 bits per heavy atom. The average Bonchev–Trinajstić information content (AvgIpc) is 3.56. The normalized spacial score (nSPS) is 20.3. The molecule has 55 heavy (non-hydrogen) atoms. The molecule has 1 heterocycles. The van der Waals surface area contributed by atoms with Crippen LogP contribution < -0.4 is 4.89 Å². The van der Waals surface area contributed by atoms with Crippen LogP contribution in [0.15, 0.2) is 133 Å². The Kier molecular flexibility index (Phi) is 15.9. The molecule has 0 bridgehead atoms. The van der Waals surface area contributed by atoms with E-state index in [1.165, 1.54) is 7.11 Å². The van der Waals surface area contributed by atoms with Crippen molar-refractivity contribution in [1.29, 1.82) is 0 Å². The highest BCUT2D eigenvalue weighted by Crippen LogP contribution is 2.34. The molecule has 6 rings (SSSR count). The van der Waals surface area contributed by atoms with Gasteiger partial charge in [0.1, 0.15) is 24.4 Å². The fourth-order valence-corrected chi connectivity index (χ4v) is 7.15. The van der Waals surface area contributed by atoms with E-state index in [9.17, 15) is 9.46 Å². The third-order valence-corrected chi connectivity index (χ3v) is 9.99. The molecule has 10 nitrogen and oxygen atoms in total. The highest BCUT2D eigenvalue weighted by atomic mass is 31.1. The molecule has 290 valence electrons. The highest BCUT2D eigenvalue weighted by Gasteiger charge is 2.49. The standard InChI is InChI=1S/C44H49O10P/c1-3-38-42(54-55(45)46)43(47-2)44(53-38)52-31-40(50-28-33-17-9-5-10-18-33)41(51-29-34-19-11-6-12-20-34)39(49-27-32-15-7-4-8-16-32)30-48-26-35-23-24-36-21-13-14-22-37(36)25-35/h4-25,38-44H,3,26-31H2,1-2H3/t38-,39?,40?,41?,42?,43+,44-/m1/s1. The zero-order valence-electron chi connectivity index (χ0n) is 31.2. The van der Waals surface area contributed by atoms with Gasteiger partial charge in [-0.2, -0.15) is 0 Å². The van der Waals surface area contributed by atoms with Crippen LogP contribution in [0.4, 0.5) is 0 Å². The molecule has 0 aliphatic carbocycles. The molecule has 1 fully saturated rings. The predicted octanol–water partition coefficient (Wildman–Crippen LogP) is 7.68. The summed E-state index contributed by atoms with van der Waals surface area (Å²) in [6.07, 6.45) is -4.66. The fourth-order valence-electron chi connectivity index (χ4n) is 6.69. The van der Waals surface area contributed by atoms with Crippen LogP contribution in [-0.4, -0.2) is 63.2 Å². The molecule has 11 heteroatoms. The van der Waals surface area contributed by atoms with E-state index in [1.807, 2.05) is 110 Å². The summed E-state index contributed by atoms with van der Waals surface area (Å²) >= 11 is 0. The third kappa shape index (κ3) is 12.0. The molecule has 0 N–H and O–H groups in total. The van der Waals surface area contributed by atoms with Crippen LogP contribution in [0.5, 0.6) is 0 Å². The summed E-state index contributed by atoms with van der Waals surface area (Å²) in [4.78, 5) is 11.6. The maximum absolute atomic E-state index is 11.6. The topological polar surface area (TPSA) is 114 Å². The second-order valence-electron chi connectivity index (χ2n) is 13.4. The van der Waals surface area contributed by atoms with Crippen molar-refractivity contribution in [2.75, 3.05) is 20.3 Å². The summed E-state index contributed by atoms with van der Waals surface area (Å²) < 4.78 is 61.8. The number of methoxy groups -OCH3 is 1. The van der Waals surface area contributed by atoms with Gasteiger partial charge in [-0.05, 0) is 50.1 Å². The number of hydrogen-bond acceptors (Lipinski definition) is 10. The first-order valence-corrected chi connectivity index (χ1v) is 19.7. The second kappa shape index (κ2) is 21.4. The van der Waals surface area contributed by atoms with E-state index in [1.54, 1.807) is 0 Å². The molecular weight excluding hydrogens is 719 g/mol. The van der Waals surface area contributed by atoms with E-state index in [-0.39, 0.29) is 26.4 Å². The summed E-state index contributed by atoms with van der Waals surface area (Å²) in [5.74, 6) is 0. The molecule has 0 amide bonds. The Morgan fingerprint density at radius 3 is 1.75 bits per heavy atom. The number of benzene rings is 5. The van der Waals surface area contributed by atoms with Crippen molar-refractivity contribution < 1.29 is 47.1 Å². The lowest BCUT2D eigenvalue weighted by Crippen LogP contribution is -2.48. The molecule has 5 unspecified atom stereocenters. The van der Waals surface area contributed by atoms with E-state index in [0.717, 1.165) is 33.0 Å². The van der Waals surface area contributed by atoms with Gasteiger partial charge in [-0.1, -0.05) is 134 Å². The van der Waals surface area contributed by atoms with E-state index in [4.69, 9.17) is 37.7 Å². The zero-order chi connectivity index (χ0) is 38.2. The van der Waals surface area contributed by atoms with Gasteiger partial charge in [0.2, 0.25) is 0 Å². The van der Waals surface area contributed by atoms with Crippen molar-refractivity contribution >= 4 is 19.0 Å². The van der Waals surface area contributed by atoms with Gasteiger partial charge in [0.25, 0.3) is 0 Å². The van der Waals surface area contributed by atoms with Crippen molar-refractivity contribution in [1.82, 2.24) is 0 Å². The minimum atomic E-state index is -3.14. The molecule has 0 radical (unpaired) electrons. The largest absolute Gasteiger partial charge is 0.566 e. The number of rotatable bonds is 22. The molecule has 0 saturated carbocycles. The Hall–Kier alpha value is -3.90. The SMILES string of the molecule is CC[C@H]1O[C@@H](OCC(OCc2ccccc2)C(OCc2ccccc2)C(COCc2ccc3ccccc3c2)OCc2ccccc2)[C@@H](OC)C1O[P+](=O)[O-]. The molecule has 1 aliphatic heterocycles. The van der Waals surface area contributed by atoms with Crippen LogP contribution in [0.25, 0.3) is 10.8 Å². The second-order valence-corrected chi connectivity index (χ2v) is 14.1. The number of hydrogen-bond donors (Lipinski definition) is 0. The summed E-state index contributed by atoms with van der Waals surface area (Å²) in [5, 5.41) is 2.30. The number of fused-ring (bicyclic) bond motifs is 1. The van der Waals surface area contributed by atoms with Crippen molar-refractivity contribution in [3.63, 3.8) is 0 Å². The van der Waals surface area contributed by atoms with Crippen molar-refractivity contribution in [3.8, 4) is 0 Å². The van der Waals surface area contributed by atoms with Crippen LogP contribution in [0.2, 0.25) is 0 Å². The van der Waals surface area contributed by atoms with E-state index in [0.29, 0.717) is 19.6 Å². The lowest BCUT2D eigenvalue weighted by molar-refractivity contribution is -0.219. The average molecular weight is 769 g/mol. The first-order chi connectivity index (χ1) is 27.0. The third-order valence-electron chi connectivity index (χ3n) is 9.57. The van der Waals surface area contributed by atoms with E-state index >= 15 is 0 Å². The molecule has 5 aromatic rings. The molecule has 1 aliphatic rings. The molecule has 0 aromatic heterocycles. The zero-order valence-corrected chi connectivity index (χ0v) is 32.1. The van der Waals surface area contributed by atoms with Crippen molar-refractivity contribution in [3.05, 3.63) is 156 Å². The van der Waals surface area contributed by atoms with Gasteiger partial charge < -0.3 is 38.1 Å². The predicted molar refractivity (Wildman–Crippen MR) is 207 cm³/mol. The molecule has 5 aromatic carbocycles. The van der Waals surface area contributed by atoms with Gasteiger partial charge in [0.05, 0.1) is 45.7 Å². The van der Waals surface area contributed by atoms with E-state index < -0.39 is 51.2 Å². The molecule has 1 saturated heterocycles. The van der Waals surface area contributed by atoms with Crippen molar-refractivity contribution in [2.24, 2.45) is 0 Å². The monoisotopic (exact) mass is 768 g/mol. The van der Waals surface area contributed by atoms with Crippen LogP contribution in [0.3, 0.4) is 0 Å². The quantitative estimate of drug-likeness (QED) is 0.0650. The van der Waals surface area contributed by atoms with Gasteiger partial charge in [-0.15, -0.1) is 4.52 Å². The van der Waals surface area contributed by atoms with Crippen LogP contribution in [0.1, 0.15) is 35.6 Å². The minimum absolute atomic E-state index is 0.000641. The van der Waals surface area contributed by atoms with E-state index in [2.05, 4.69) is 30.3 Å². The summed E-state index contributed by atoms with van der Waals surface area (Å²) in [5.41, 5.74) is 3.98. The Labute approximate surface area is 324 Å². The molecular formula is C44H49O10P. The van der Waals surface area contributed by atoms with Crippen LogP contribution in [0, 0.1) is 0 Å². The van der Waals surface area contributed by atoms with Gasteiger partial charge >= 0.3 is 8.25 Å². The molecule has 8 atom stereocenters. The Balaban J connectivity index is 1.28. The Bertz CT molecular complexity index is 1860. The molecule has 0 spiro atoms. The minimum Gasteiger partial charge on any atom is -0.566 e. The summed E-state index contributed by atoms with van der Waals surface area (Å²) in [6.45, 7) is 3.29. The lowest BCUT2D eigenvalue weighted by Gasteiger charge is -2.34. The van der Waals surface area contributed by atoms with Crippen LogP contribution in [-0.2, 0) is 68.7 Å². The van der Waals surface area contributed by atoms with Crippen molar-refractivity contribution in [2.45, 2.75) is 82.7 Å². The van der Waals surface area contributed by atoms with Gasteiger partial charge in [0, 0.05) is 7.11 Å².